The van der Waals surface area contributed by atoms with E-state index in [1.165, 1.54) is 4.90 Å². The quantitative estimate of drug-likeness (QED) is 0.170. The average molecular weight is 562 g/mol. The van der Waals surface area contributed by atoms with Crippen molar-refractivity contribution in [3.05, 3.63) is 71.8 Å². The maximum atomic E-state index is 12.2. The minimum atomic E-state index is -1.36. The lowest BCUT2D eigenvalue weighted by Crippen LogP contribution is -2.58. The van der Waals surface area contributed by atoms with Crippen LogP contribution in [-0.4, -0.2) is 115 Å². The van der Waals surface area contributed by atoms with Gasteiger partial charge in [0.25, 0.3) is 0 Å². The number of aliphatic hydroxyl groups is 4. The van der Waals surface area contributed by atoms with E-state index in [9.17, 15) is 40.2 Å². The number of carbonyl (C=O) groups is 2. The highest BCUT2D eigenvalue weighted by Crippen LogP contribution is 2.23. The summed E-state index contributed by atoms with van der Waals surface area (Å²) in [6.07, 6.45) is -5.85. The zero-order chi connectivity index (χ0) is 29.9. The van der Waals surface area contributed by atoms with Crippen LogP contribution in [0.15, 0.2) is 60.7 Å². The van der Waals surface area contributed by atoms with Crippen molar-refractivity contribution in [3.8, 4) is 0 Å². The van der Waals surface area contributed by atoms with Crippen LogP contribution in [0.4, 0.5) is 9.59 Å². The number of rotatable bonds is 15. The number of carboxylic acid groups (broad SMARTS) is 2. The van der Waals surface area contributed by atoms with Crippen LogP contribution in [0.2, 0.25) is 0 Å². The van der Waals surface area contributed by atoms with Gasteiger partial charge in [-0.3, -0.25) is 9.80 Å². The first-order chi connectivity index (χ1) is 18.8. The van der Waals surface area contributed by atoms with Gasteiger partial charge in [-0.2, -0.15) is 0 Å². The molecule has 0 saturated heterocycles. The molecule has 0 unspecified atom stereocenters. The molecular formula is C29H43N3O8. The highest BCUT2D eigenvalue weighted by atomic mass is 16.4. The molecule has 0 saturated carbocycles. The Morgan fingerprint density at radius 3 is 1.62 bits per heavy atom. The molecule has 0 spiro atoms. The van der Waals surface area contributed by atoms with E-state index in [2.05, 4.69) is 5.32 Å². The van der Waals surface area contributed by atoms with E-state index in [1.54, 1.807) is 45.0 Å². The van der Waals surface area contributed by atoms with Gasteiger partial charge in [0.05, 0.1) is 43.5 Å². The molecule has 0 bridgehead atoms. The Morgan fingerprint density at radius 1 is 0.775 bits per heavy atom. The van der Waals surface area contributed by atoms with Crippen molar-refractivity contribution >= 4 is 12.2 Å². The SMILES string of the molecule is CC(C)(C)N(C(=O)O)[C@@H](Cc1ccccc1)[C@H](O)CNC[C@@H](O)[C@H](Cc1ccccc1)N(C[C@H](O)CO)C(=O)O. The molecule has 0 aromatic heterocycles. The molecule has 0 aliphatic rings. The van der Waals surface area contributed by atoms with Crippen molar-refractivity contribution in [2.24, 2.45) is 0 Å². The fraction of sp³-hybridized carbons (Fsp3) is 0.517. The van der Waals surface area contributed by atoms with Gasteiger partial charge in [-0.25, -0.2) is 9.59 Å². The molecule has 40 heavy (non-hydrogen) atoms. The maximum Gasteiger partial charge on any atom is 0.408 e. The minimum absolute atomic E-state index is 0.0706. The number of nitrogens with one attached hydrogen (secondary N) is 1. The lowest BCUT2D eigenvalue weighted by Gasteiger charge is -2.42. The molecule has 0 aliphatic heterocycles. The predicted octanol–water partition coefficient (Wildman–Crippen LogP) is 1.63. The summed E-state index contributed by atoms with van der Waals surface area (Å²) in [6.45, 7) is 4.02. The van der Waals surface area contributed by atoms with Crippen molar-refractivity contribution in [2.45, 2.75) is 69.5 Å². The summed E-state index contributed by atoms with van der Waals surface area (Å²) in [5.41, 5.74) is 0.813. The van der Waals surface area contributed by atoms with Crippen LogP contribution in [0, 0.1) is 0 Å². The number of hydrogen-bond donors (Lipinski definition) is 7. The molecule has 11 nitrogen and oxygen atoms in total. The van der Waals surface area contributed by atoms with Gasteiger partial charge in [0, 0.05) is 18.6 Å². The zero-order valence-electron chi connectivity index (χ0n) is 23.3. The van der Waals surface area contributed by atoms with Gasteiger partial charge in [0.2, 0.25) is 0 Å². The van der Waals surface area contributed by atoms with E-state index in [4.69, 9.17) is 0 Å². The number of nitrogens with zero attached hydrogens (tertiary/aromatic N) is 2. The van der Waals surface area contributed by atoms with Crippen LogP contribution < -0.4 is 5.32 Å². The molecule has 5 atom stereocenters. The van der Waals surface area contributed by atoms with Crippen molar-refractivity contribution in [1.82, 2.24) is 15.1 Å². The van der Waals surface area contributed by atoms with E-state index in [1.807, 2.05) is 36.4 Å². The van der Waals surface area contributed by atoms with Crippen LogP contribution in [0.1, 0.15) is 31.9 Å². The third-order valence-corrected chi connectivity index (χ3v) is 6.70. The summed E-state index contributed by atoms with van der Waals surface area (Å²) < 4.78 is 0. The first-order valence-corrected chi connectivity index (χ1v) is 13.3. The van der Waals surface area contributed by atoms with E-state index in [-0.39, 0.29) is 25.9 Å². The summed E-state index contributed by atoms with van der Waals surface area (Å²) >= 11 is 0. The Balaban J connectivity index is 2.21. The average Bonchev–Trinajstić information content (AvgIpc) is 2.90. The monoisotopic (exact) mass is 561 g/mol. The summed E-state index contributed by atoms with van der Waals surface area (Å²) in [5, 5.41) is 64.2. The van der Waals surface area contributed by atoms with Crippen LogP contribution in [-0.2, 0) is 12.8 Å². The third-order valence-electron chi connectivity index (χ3n) is 6.70. The fourth-order valence-corrected chi connectivity index (χ4v) is 4.78. The van der Waals surface area contributed by atoms with E-state index >= 15 is 0 Å². The first kappa shape index (κ1) is 33.0. The summed E-state index contributed by atoms with van der Waals surface area (Å²) in [7, 11) is 0. The summed E-state index contributed by atoms with van der Waals surface area (Å²) in [6, 6.07) is 16.4. The lowest BCUT2D eigenvalue weighted by atomic mass is 9.94. The molecule has 222 valence electrons. The molecule has 0 heterocycles. The number of amides is 2. The van der Waals surface area contributed by atoms with Crippen molar-refractivity contribution in [3.63, 3.8) is 0 Å². The molecule has 2 rings (SSSR count). The Morgan fingerprint density at radius 2 is 1.23 bits per heavy atom. The predicted molar refractivity (Wildman–Crippen MR) is 150 cm³/mol. The van der Waals surface area contributed by atoms with Crippen molar-refractivity contribution < 1.29 is 40.2 Å². The van der Waals surface area contributed by atoms with Gasteiger partial charge < -0.3 is 36.0 Å². The highest BCUT2D eigenvalue weighted by molar-refractivity contribution is 5.67. The van der Waals surface area contributed by atoms with Gasteiger partial charge in [-0.05, 0) is 44.7 Å². The smallest absolute Gasteiger partial charge is 0.408 e. The second-order valence-corrected chi connectivity index (χ2v) is 10.9. The van der Waals surface area contributed by atoms with Gasteiger partial charge in [-0.15, -0.1) is 0 Å². The van der Waals surface area contributed by atoms with Crippen molar-refractivity contribution in [2.75, 3.05) is 26.2 Å². The van der Waals surface area contributed by atoms with Gasteiger partial charge in [0.15, 0.2) is 0 Å². The summed E-state index contributed by atoms with van der Waals surface area (Å²) in [4.78, 5) is 26.4. The van der Waals surface area contributed by atoms with Crippen molar-refractivity contribution in [1.29, 1.82) is 0 Å². The Bertz CT molecular complexity index is 1030. The molecule has 0 aliphatic carbocycles. The molecule has 0 fully saturated rings. The normalized spacial score (nSPS) is 15.5. The summed E-state index contributed by atoms with van der Waals surface area (Å²) in [5.74, 6) is 0. The fourth-order valence-electron chi connectivity index (χ4n) is 4.78. The molecule has 11 heteroatoms. The van der Waals surface area contributed by atoms with Crippen LogP contribution >= 0.6 is 0 Å². The van der Waals surface area contributed by atoms with Crippen LogP contribution in [0.25, 0.3) is 0 Å². The first-order valence-electron chi connectivity index (χ1n) is 13.3. The molecule has 0 radical (unpaired) electrons. The standard InChI is InChI=1S/C29H43N3O8/c1-29(2,3)32(28(39)40)24(15-21-12-8-5-9-13-21)26(36)17-30-16-25(35)23(14-20-10-6-4-7-11-20)31(27(37)38)18-22(34)19-33/h4-13,22-26,30,33-36H,14-19H2,1-3H3,(H,37,38)(H,39,40)/t22-,23-,24-,25+,26+/m0/s1. The van der Waals surface area contributed by atoms with E-state index < -0.39 is 61.3 Å². The number of hydrogen-bond acceptors (Lipinski definition) is 7. The number of aliphatic hydroxyl groups excluding tert-OH is 4. The van der Waals surface area contributed by atoms with E-state index in [0.717, 1.165) is 16.0 Å². The third kappa shape index (κ3) is 10.1. The highest BCUT2D eigenvalue weighted by Gasteiger charge is 2.37. The maximum absolute atomic E-state index is 12.2. The molecule has 2 aromatic rings. The minimum Gasteiger partial charge on any atom is -0.465 e. The van der Waals surface area contributed by atoms with Gasteiger partial charge >= 0.3 is 12.2 Å². The zero-order valence-corrected chi connectivity index (χ0v) is 23.3. The van der Waals surface area contributed by atoms with Crippen LogP contribution in [0.5, 0.6) is 0 Å². The van der Waals surface area contributed by atoms with Gasteiger partial charge in [0.1, 0.15) is 0 Å². The second-order valence-electron chi connectivity index (χ2n) is 10.9. The largest absolute Gasteiger partial charge is 0.465 e. The molecule has 2 aromatic carbocycles. The number of benzene rings is 2. The Labute approximate surface area is 235 Å². The molecular weight excluding hydrogens is 518 g/mol. The van der Waals surface area contributed by atoms with Crippen LogP contribution in [0.3, 0.4) is 0 Å². The lowest BCUT2D eigenvalue weighted by molar-refractivity contribution is -0.000184. The Kier molecular flexibility index (Phi) is 12.8. The van der Waals surface area contributed by atoms with E-state index in [0.29, 0.717) is 0 Å². The molecule has 2 amide bonds. The molecule has 7 N–H and O–H groups in total. The topological polar surface area (TPSA) is 174 Å². The van der Waals surface area contributed by atoms with Gasteiger partial charge in [-0.1, -0.05) is 60.7 Å². The Hall–Kier alpha value is -3.22. The second kappa shape index (κ2) is 15.5.